The minimum Gasteiger partial charge on any atom is -0.494 e. The third-order valence-corrected chi connectivity index (χ3v) is 4.61. The van der Waals surface area contributed by atoms with Crippen molar-refractivity contribution in [1.82, 2.24) is 15.3 Å². The van der Waals surface area contributed by atoms with E-state index >= 15 is 0 Å². The molecule has 0 aliphatic rings. The Hall–Kier alpha value is -2.82. The second-order valence-electron chi connectivity index (χ2n) is 6.44. The molecule has 2 aromatic carbocycles. The van der Waals surface area contributed by atoms with Crippen LogP contribution >= 0.6 is 0 Å². The van der Waals surface area contributed by atoms with Gasteiger partial charge in [0.15, 0.2) is 0 Å². The molecule has 1 heterocycles. The largest absolute Gasteiger partial charge is 0.494 e. The zero-order valence-electron chi connectivity index (χ0n) is 15.5. The summed E-state index contributed by atoms with van der Waals surface area (Å²) in [4.78, 5) is 20.8. The fourth-order valence-electron chi connectivity index (χ4n) is 2.95. The van der Waals surface area contributed by atoms with Crippen LogP contribution in [-0.4, -0.2) is 22.5 Å². The van der Waals surface area contributed by atoms with Gasteiger partial charge in [0.2, 0.25) is 0 Å². The molecule has 0 aliphatic carbocycles. The van der Waals surface area contributed by atoms with E-state index < -0.39 is 0 Å². The second-order valence-corrected chi connectivity index (χ2v) is 6.44. The number of imidazole rings is 1. The van der Waals surface area contributed by atoms with Crippen molar-refractivity contribution < 1.29 is 9.53 Å². The highest BCUT2D eigenvalue weighted by molar-refractivity contribution is 5.94. The molecule has 0 bridgehead atoms. The Morgan fingerprint density at radius 2 is 2.00 bits per heavy atom. The summed E-state index contributed by atoms with van der Waals surface area (Å²) in [7, 11) is 0. The van der Waals surface area contributed by atoms with E-state index in [1.807, 2.05) is 43.3 Å². The summed E-state index contributed by atoms with van der Waals surface area (Å²) in [6, 6.07) is 15.0. The van der Waals surface area contributed by atoms with Crippen molar-refractivity contribution in [3.63, 3.8) is 0 Å². The lowest BCUT2D eigenvalue weighted by Gasteiger charge is -2.22. The number of nitrogens with zero attached hydrogens (tertiary/aromatic N) is 1. The van der Waals surface area contributed by atoms with Gasteiger partial charge in [0, 0.05) is 5.56 Å². The Morgan fingerprint density at radius 3 is 2.73 bits per heavy atom. The van der Waals surface area contributed by atoms with Crippen LogP contribution in [0.2, 0.25) is 0 Å². The molecule has 0 saturated heterocycles. The molecule has 2 unspecified atom stereocenters. The maximum Gasteiger partial charge on any atom is 0.252 e. The number of carbonyl (C=O) groups is 1. The molecule has 0 spiro atoms. The lowest BCUT2D eigenvalue weighted by Crippen LogP contribution is -2.33. The number of benzene rings is 2. The first kappa shape index (κ1) is 18.0. The van der Waals surface area contributed by atoms with Crippen LogP contribution in [0, 0.1) is 5.92 Å². The molecule has 5 nitrogen and oxygen atoms in total. The van der Waals surface area contributed by atoms with Gasteiger partial charge >= 0.3 is 0 Å². The van der Waals surface area contributed by atoms with Crippen LogP contribution in [0.1, 0.15) is 49.4 Å². The minimum atomic E-state index is -0.185. The number of aromatic amines is 1. The third-order valence-electron chi connectivity index (χ3n) is 4.61. The third kappa shape index (κ3) is 3.87. The number of hydrogen-bond acceptors (Lipinski definition) is 3. The first-order valence-corrected chi connectivity index (χ1v) is 9.10. The van der Waals surface area contributed by atoms with Crippen molar-refractivity contribution in [3.05, 3.63) is 59.9 Å². The maximum atomic E-state index is 12.8. The van der Waals surface area contributed by atoms with E-state index in [-0.39, 0.29) is 17.9 Å². The summed E-state index contributed by atoms with van der Waals surface area (Å²) in [6.07, 6.45) is 0.932. The van der Waals surface area contributed by atoms with Crippen molar-refractivity contribution in [3.8, 4) is 5.75 Å². The summed E-state index contributed by atoms with van der Waals surface area (Å²) in [5.41, 5.74) is 2.46. The average Bonchev–Trinajstić information content (AvgIpc) is 3.09. The van der Waals surface area contributed by atoms with Crippen molar-refractivity contribution in [2.75, 3.05) is 6.61 Å². The van der Waals surface area contributed by atoms with Crippen molar-refractivity contribution >= 4 is 16.9 Å². The monoisotopic (exact) mass is 351 g/mol. The maximum absolute atomic E-state index is 12.8. The Balaban J connectivity index is 1.86. The Kier molecular flexibility index (Phi) is 5.56. The number of nitrogens with one attached hydrogen (secondary N) is 2. The molecule has 0 fully saturated rings. The van der Waals surface area contributed by atoms with Gasteiger partial charge in [-0.15, -0.1) is 0 Å². The normalized spacial score (nSPS) is 13.3. The number of aromatic nitrogens is 2. The summed E-state index contributed by atoms with van der Waals surface area (Å²) >= 11 is 0. The van der Waals surface area contributed by atoms with Crippen LogP contribution in [0.15, 0.2) is 48.5 Å². The summed E-state index contributed by atoms with van der Waals surface area (Å²) < 4.78 is 5.50. The van der Waals surface area contributed by atoms with Gasteiger partial charge in [0.05, 0.1) is 23.7 Å². The van der Waals surface area contributed by atoms with Gasteiger partial charge in [-0.05, 0) is 43.2 Å². The van der Waals surface area contributed by atoms with Crippen LogP contribution < -0.4 is 10.1 Å². The summed E-state index contributed by atoms with van der Waals surface area (Å²) in [6.45, 7) is 6.73. The highest BCUT2D eigenvalue weighted by atomic mass is 16.5. The molecule has 1 aromatic heterocycles. The van der Waals surface area contributed by atoms with E-state index in [1.165, 1.54) is 0 Å². The molecule has 0 saturated carbocycles. The summed E-state index contributed by atoms with van der Waals surface area (Å²) in [5.74, 6) is 1.60. The highest BCUT2D eigenvalue weighted by Crippen LogP contribution is 2.25. The van der Waals surface area contributed by atoms with Gasteiger partial charge in [-0.3, -0.25) is 4.79 Å². The molecule has 2 atom stereocenters. The number of rotatable bonds is 7. The number of hydrogen-bond donors (Lipinski definition) is 2. The lowest BCUT2D eigenvalue weighted by molar-refractivity contribution is 0.0920. The quantitative estimate of drug-likeness (QED) is 0.659. The Morgan fingerprint density at radius 1 is 1.19 bits per heavy atom. The number of carbonyl (C=O) groups excluding carboxylic acids is 1. The first-order valence-electron chi connectivity index (χ1n) is 9.10. The Labute approximate surface area is 153 Å². The van der Waals surface area contributed by atoms with Crippen LogP contribution in [0.3, 0.4) is 0 Å². The second kappa shape index (κ2) is 8.04. The predicted octanol–water partition coefficient (Wildman–Crippen LogP) is 4.48. The van der Waals surface area contributed by atoms with E-state index in [2.05, 4.69) is 29.1 Å². The number of fused-ring (bicyclic) bond motifs is 1. The first-order chi connectivity index (χ1) is 12.6. The molecule has 3 aromatic rings. The molecule has 136 valence electrons. The van der Waals surface area contributed by atoms with Crippen molar-refractivity contribution in [2.24, 2.45) is 5.92 Å². The van der Waals surface area contributed by atoms with E-state index in [0.29, 0.717) is 17.9 Å². The minimum absolute atomic E-state index is 0.127. The van der Waals surface area contributed by atoms with Gasteiger partial charge in [0.25, 0.3) is 5.91 Å². The molecule has 5 heteroatoms. The van der Waals surface area contributed by atoms with Crippen molar-refractivity contribution in [2.45, 2.75) is 33.2 Å². The molecule has 0 aliphatic heterocycles. The zero-order chi connectivity index (χ0) is 18.5. The molecule has 26 heavy (non-hydrogen) atoms. The van der Waals surface area contributed by atoms with E-state index in [0.717, 1.165) is 23.3 Å². The smallest absolute Gasteiger partial charge is 0.252 e. The predicted molar refractivity (Wildman–Crippen MR) is 103 cm³/mol. The van der Waals surface area contributed by atoms with Crippen LogP contribution in [0.25, 0.3) is 11.0 Å². The van der Waals surface area contributed by atoms with Crippen molar-refractivity contribution in [1.29, 1.82) is 0 Å². The zero-order valence-corrected chi connectivity index (χ0v) is 15.5. The van der Waals surface area contributed by atoms with Gasteiger partial charge in [-0.1, -0.05) is 38.5 Å². The van der Waals surface area contributed by atoms with Crippen LogP contribution in [0.4, 0.5) is 0 Å². The van der Waals surface area contributed by atoms with Gasteiger partial charge in [0.1, 0.15) is 11.6 Å². The van der Waals surface area contributed by atoms with E-state index in [4.69, 9.17) is 4.74 Å². The molecule has 0 radical (unpaired) electrons. The molecular formula is C21H25N3O2. The molecule has 3 rings (SSSR count). The number of para-hydroxylation sites is 2. The van der Waals surface area contributed by atoms with E-state index in [1.54, 1.807) is 12.1 Å². The average molecular weight is 351 g/mol. The Bertz CT molecular complexity index is 855. The number of ether oxygens (including phenoxy) is 1. The van der Waals surface area contributed by atoms with Gasteiger partial charge < -0.3 is 15.0 Å². The molecule has 2 N–H and O–H groups in total. The number of H-pyrrole nitrogens is 1. The van der Waals surface area contributed by atoms with Crippen LogP contribution in [-0.2, 0) is 0 Å². The SMILES string of the molecule is CCOc1cccc(C(=O)NC(c2nc3ccccc3[nH]2)C(C)CC)c1. The molecule has 1 amide bonds. The highest BCUT2D eigenvalue weighted by Gasteiger charge is 2.24. The lowest BCUT2D eigenvalue weighted by atomic mass is 9.98. The topological polar surface area (TPSA) is 67.0 Å². The molecular weight excluding hydrogens is 326 g/mol. The fourth-order valence-corrected chi connectivity index (χ4v) is 2.95. The standard InChI is InChI=1S/C21H25N3O2/c1-4-14(3)19(20-22-17-11-6-7-12-18(17)23-20)24-21(25)15-9-8-10-16(13-15)26-5-2/h6-14,19H,4-5H2,1-3H3,(H,22,23)(H,24,25). The number of amides is 1. The van der Waals surface area contributed by atoms with E-state index in [9.17, 15) is 4.79 Å². The fraction of sp³-hybridized carbons (Fsp3) is 0.333. The van der Waals surface area contributed by atoms with Gasteiger partial charge in [-0.2, -0.15) is 0 Å². The van der Waals surface area contributed by atoms with Gasteiger partial charge in [-0.25, -0.2) is 4.98 Å². The summed E-state index contributed by atoms with van der Waals surface area (Å²) in [5, 5.41) is 3.14. The van der Waals surface area contributed by atoms with Crippen LogP contribution in [0.5, 0.6) is 5.75 Å².